The summed E-state index contributed by atoms with van der Waals surface area (Å²) in [5, 5.41) is 0. The molecular weight excluding hydrogens is 655 g/mol. The van der Waals surface area contributed by atoms with E-state index in [0.717, 1.165) is 35.0 Å². The highest BCUT2D eigenvalue weighted by molar-refractivity contribution is 14.1. The Kier molecular flexibility index (Phi) is 19.0. The van der Waals surface area contributed by atoms with E-state index in [1.807, 2.05) is 24.3 Å². The predicted octanol–water partition coefficient (Wildman–Crippen LogP) is 6.10. The molecule has 0 radical (unpaired) electrons. The van der Waals surface area contributed by atoms with Gasteiger partial charge in [0.15, 0.2) is 0 Å². The minimum absolute atomic E-state index is 0.0311. The van der Waals surface area contributed by atoms with Crippen LogP contribution in [0.25, 0.3) is 0 Å². The molecule has 0 aliphatic carbocycles. The molecule has 1 saturated heterocycles. The molecule has 0 saturated carbocycles. The fourth-order valence-corrected chi connectivity index (χ4v) is 6.40. The van der Waals surface area contributed by atoms with Gasteiger partial charge in [0.1, 0.15) is 26.1 Å². The van der Waals surface area contributed by atoms with Gasteiger partial charge in [-0.05, 0) is 48.8 Å². The lowest BCUT2D eigenvalue weighted by Gasteiger charge is -2.36. The Labute approximate surface area is 267 Å². The highest BCUT2D eigenvalue weighted by Crippen LogP contribution is 2.37. The van der Waals surface area contributed by atoms with E-state index in [2.05, 4.69) is 50.3 Å². The maximum atomic E-state index is 6.26. The summed E-state index contributed by atoms with van der Waals surface area (Å²) in [6.07, 6.45) is 3.08. The van der Waals surface area contributed by atoms with Gasteiger partial charge in [0.05, 0.1) is 44.2 Å². The Morgan fingerprint density at radius 1 is 0.762 bits per heavy atom. The van der Waals surface area contributed by atoms with Crippen LogP contribution in [-0.2, 0) is 44.5 Å². The minimum atomic E-state index is -0.0737. The summed E-state index contributed by atoms with van der Waals surface area (Å²) >= 11 is 2.39. The van der Waals surface area contributed by atoms with Crippen molar-refractivity contribution in [1.82, 2.24) is 0 Å². The molecule has 2 rings (SSSR count). The number of epoxide rings is 1. The molecule has 0 amide bonds. The average Bonchev–Trinajstić information content (AvgIpc) is 3.80. The quantitative estimate of drug-likeness (QED) is 0.0393. The van der Waals surface area contributed by atoms with E-state index in [9.17, 15) is 0 Å². The van der Waals surface area contributed by atoms with Gasteiger partial charge in [0, 0.05) is 44.2 Å². The second-order valence-electron chi connectivity index (χ2n) is 11.4. The van der Waals surface area contributed by atoms with Gasteiger partial charge < -0.3 is 42.6 Å². The number of halogens is 1. The summed E-state index contributed by atoms with van der Waals surface area (Å²) in [5.41, 5.74) is 1.12. The van der Waals surface area contributed by atoms with E-state index in [-0.39, 0.29) is 68.5 Å². The molecule has 1 aliphatic rings. The molecule has 9 atom stereocenters. The highest BCUT2D eigenvalue weighted by atomic mass is 127. The van der Waals surface area contributed by atoms with Crippen molar-refractivity contribution in [2.75, 3.05) is 59.9 Å². The average molecular weight is 711 g/mol. The zero-order chi connectivity index (χ0) is 30.9. The Morgan fingerprint density at radius 2 is 1.36 bits per heavy atom. The van der Waals surface area contributed by atoms with Crippen LogP contribution in [-0.4, -0.2) is 90.4 Å². The summed E-state index contributed by atoms with van der Waals surface area (Å²) in [4.78, 5) is 0. The maximum absolute atomic E-state index is 6.26. The van der Waals surface area contributed by atoms with Crippen molar-refractivity contribution in [2.45, 2.75) is 84.1 Å². The lowest BCUT2D eigenvalue weighted by molar-refractivity contribution is -0.157. The molecule has 1 fully saturated rings. The zero-order valence-corrected chi connectivity index (χ0v) is 29.1. The summed E-state index contributed by atoms with van der Waals surface area (Å²) in [6, 6.07) is 7.95. The molecule has 9 nitrogen and oxygen atoms in total. The summed E-state index contributed by atoms with van der Waals surface area (Å²) < 4.78 is 52.7. The third-order valence-corrected chi connectivity index (χ3v) is 9.11. The van der Waals surface area contributed by atoms with E-state index >= 15 is 0 Å². The van der Waals surface area contributed by atoms with Crippen LogP contribution in [0.2, 0.25) is 0 Å². The Bertz CT molecular complexity index is 814. The van der Waals surface area contributed by atoms with Gasteiger partial charge >= 0.3 is 0 Å². The monoisotopic (exact) mass is 710 g/mol. The largest absolute Gasteiger partial charge is 0.497 e. The zero-order valence-electron chi connectivity index (χ0n) is 26.9. The first-order chi connectivity index (χ1) is 20.3. The van der Waals surface area contributed by atoms with E-state index in [1.54, 1.807) is 28.4 Å². The van der Waals surface area contributed by atoms with Crippen LogP contribution < -0.4 is 4.74 Å². The van der Waals surface area contributed by atoms with Crippen LogP contribution in [0.15, 0.2) is 24.3 Å². The van der Waals surface area contributed by atoms with Crippen LogP contribution in [0.1, 0.15) is 52.5 Å². The SMILES string of the molecule is COCO[C@H]([C@H](C)[C@H]1O[C@@H]1CI)[C@@H](C)CC[C@@H](OCOC)[C@H](C)[C@H](OCOC)[C@H](C)CCOCc1ccc(OC)cc1. The van der Waals surface area contributed by atoms with Gasteiger partial charge in [0.25, 0.3) is 0 Å². The number of ether oxygens (including phenoxy) is 9. The van der Waals surface area contributed by atoms with E-state index < -0.39 is 0 Å². The number of hydrogen-bond acceptors (Lipinski definition) is 9. The number of rotatable bonds is 25. The summed E-state index contributed by atoms with van der Waals surface area (Å²) in [7, 11) is 6.64. The molecule has 0 spiro atoms. The van der Waals surface area contributed by atoms with Crippen LogP contribution in [0.3, 0.4) is 0 Å². The van der Waals surface area contributed by atoms with Gasteiger partial charge in [-0.25, -0.2) is 0 Å². The lowest BCUT2D eigenvalue weighted by atomic mass is 9.82. The number of methoxy groups -OCH3 is 4. The predicted molar refractivity (Wildman–Crippen MR) is 171 cm³/mol. The molecule has 0 bridgehead atoms. The first-order valence-electron chi connectivity index (χ1n) is 15.0. The van der Waals surface area contributed by atoms with Crippen LogP contribution >= 0.6 is 22.6 Å². The first kappa shape index (κ1) is 37.6. The topological polar surface area (TPSA) is 86.4 Å². The van der Waals surface area contributed by atoms with Crippen molar-refractivity contribution in [3.63, 3.8) is 0 Å². The molecular formula is C32H55IO9. The molecule has 42 heavy (non-hydrogen) atoms. The van der Waals surface area contributed by atoms with Gasteiger partial charge in [-0.15, -0.1) is 0 Å². The number of alkyl halides is 1. The fourth-order valence-electron chi connectivity index (χ4n) is 5.69. The van der Waals surface area contributed by atoms with Gasteiger partial charge in [-0.3, -0.25) is 0 Å². The fraction of sp³-hybridized carbons (Fsp3) is 0.812. The van der Waals surface area contributed by atoms with E-state index in [0.29, 0.717) is 19.3 Å². The summed E-state index contributed by atoms with van der Waals surface area (Å²) in [6.45, 7) is 10.8. The Hall–Kier alpha value is -0.570. The third kappa shape index (κ3) is 12.8. The van der Waals surface area contributed by atoms with Gasteiger partial charge in [0.2, 0.25) is 0 Å². The molecule has 1 aromatic rings. The van der Waals surface area contributed by atoms with Crippen LogP contribution in [0.5, 0.6) is 5.75 Å². The molecule has 1 aromatic carbocycles. The molecule has 0 unspecified atom stereocenters. The summed E-state index contributed by atoms with van der Waals surface area (Å²) in [5.74, 6) is 1.74. The van der Waals surface area contributed by atoms with Crippen molar-refractivity contribution in [2.24, 2.45) is 23.7 Å². The number of hydrogen-bond donors (Lipinski definition) is 0. The normalized spacial score (nSPS) is 21.7. The second kappa shape index (κ2) is 21.2. The van der Waals surface area contributed by atoms with Crippen molar-refractivity contribution in [3.05, 3.63) is 29.8 Å². The van der Waals surface area contributed by atoms with Crippen molar-refractivity contribution in [3.8, 4) is 5.75 Å². The van der Waals surface area contributed by atoms with E-state index in [1.165, 1.54) is 0 Å². The molecule has 0 aromatic heterocycles. The molecule has 1 heterocycles. The van der Waals surface area contributed by atoms with Crippen LogP contribution in [0.4, 0.5) is 0 Å². The standard InChI is InChI=1S/C32H55IO9/c1-22(31(41-21-36-7)25(4)32-29(17-33)42-32)9-14-28(39-19-34-5)24(3)30(40-20-35-6)23(2)15-16-38-18-26-10-12-27(37-8)13-11-26/h10-13,22-25,28-32H,9,14-21H2,1-8H3/t22-,23+,24-,25-,28+,29+,30+,31-,32+/m0/s1. The minimum Gasteiger partial charge on any atom is -0.497 e. The maximum Gasteiger partial charge on any atom is 0.146 e. The first-order valence-corrected chi connectivity index (χ1v) is 16.6. The number of benzene rings is 1. The van der Waals surface area contributed by atoms with Crippen molar-refractivity contribution in [1.29, 1.82) is 0 Å². The Balaban J connectivity index is 1.99. The molecule has 244 valence electrons. The highest BCUT2D eigenvalue weighted by Gasteiger charge is 2.46. The van der Waals surface area contributed by atoms with Crippen LogP contribution in [0, 0.1) is 23.7 Å². The molecule has 0 N–H and O–H groups in total. The van der Waals surface area contributed by atoms with E-state index in [4.69, 9.17) is 42.6 Å². The van der Waals surface area contributed by atoms with Gasteiger partial charge in [-0.2, -0.15) is 0 Å². The van der Waals surface area contributed by atoms with Crippen molar-refractivity contribution >= 4 is 22.6 Å². The lowest BCUT2D eigenvalue weighted by Crippen LogP contribution is -2.40. The smallest absolute Gasteiger partial charge is 0.146 e. The Morgan fingerprint density at radius 3 is 1.93 bits per heavy atom. The second-order valence-corrected chi connectivity index (χ2v) is 12.3. The molecule has 1 aliphatic heterocycles. The van der Waals surface area contributed by atoms with Crippen molar-refractivity contribution < 1.29 is 42.6 Å². The van der Waals surface area contributed by atoms with Gasteiger partial charge in [-0.1, -0.05) is 62.4 Å². The third-order valence-electron chi connectivity index (χ3n) is 8.25. The molecule has 10 heteroatoms.